The van der Waals surface area contributed by atoms with Crippen molar-refractivity contribution in [3.05, 3.63) is 22.4 Å². The third-order valence-electron chi connectivity index (χ3n) is 3.10. The molecule has 0 bridgehead atoms. The molecule has 1 fully saturated rings. The molecule has 18 heavy (non-hydrogen) atoms. The number of carbonyl (C=O) groups excluding carboxylic acids is 1. The van der Waals surface area contributed by atoms with Crippen LogP contribution in [0.15, 0.2) is 17.5 Å². The molecule has 0 saturated carbocycles. The molecule has 0 spiro atoms. The summed E-state index contributed by atoms with van der Waals surface area (Å²) in [6, 6.07) is 2.94. The van der Waals surface area contributed by atoms with Crippen LogP contribution in [0.3, 0.4) is 0 Å². The predicted octanol–water partition coefficient (Wildman–Crippen LogP) is 0.694. The van der Waals surface area contributed by atoms with Gasteiger partial charge in [0.25, 0.3) is 0 Å². The van der Waals surface area contributed by atoms with Crippen LogP contribution in [0.4, 0.5) is 0 Å². The highest BCUT2D eigenvalue weighted by Crippen LogP contribution is 2.19. The first kappa shape index (κ1) is 13.0. The average Bonchev–Trinajstić information content (AvgIpc) is 2.94. The molecule has 3 N–H and O–H groups in total. The van der Waals surface area contributed by atoms with Crippen molar-refractivity contribution in [3.8, 4) is 0 Å². The lowest BCUT2D eigenvalue weighted by molar-refractivity contribution is -0.148. The van der Waals surface area contributed by atoms with Crippen LogP contribution < -0.4 is 5.73 Å². The molecule has 0 unspecified atom stereocenters. The van der Waals surface area contributed by atoms with E-state index in [1.165, 1.54) is 4.90 Å². The molecule has 1 amide bonds. The number of carbonyl (C=O) groups is 2. The standard InChI is InChI=1S/C12H16N2O3S/c13-8-6-10(12(16)17)14(7-8)11(15)4-3-9-2-1-5-18-9/h1-2,5,8,10H,3-4,6-7,13H2,(H,16,17)/t8-,10-/m0/s1. The molecule has 98 valence electrons. The maximum absolute atomic E-state index is 12.0. The fraction of sp³-hybridized carbons (Fsp3) is 0.500. The van der Waals surface area contributed by atoms with Gasteiger partial charge in [-0.05, 0) is 24.3 Å². The van der Waals surface area contributed by atoms with E-state index in [1.807, 2.05) is 17.5 Å². The molecule has 6 heteroatoms. The number of thiophene rings is 1. The second kappa shape index (κ2) is 5.49. The second-order valence-electron chi connectivity index (χ2n) is 4.48. The number of rotatable bonds is 4. The Bertz CT molecular complexity index is 433. The maximum Gasteiger partial charge on any atom is 0.326 e. The summed E-state index contributed by atoms with van der Waals surface area (Å²) in [4.78, 5) is 25.6. The van der Waals surface area contributed by atoms with Crippen molar-refractivity contribution in [2.45, 2.75) is 31.3 Å². The highest BCUT2D eigenvalue weighted by Gasteiger charge is 2.37. The molecule has 1 aliphatic rings. The van der Waals surface area contributed by atoms with Crippen molar-refractivity contribution < 1.29 is 14.7 Å². The number of nitrogens with two attached hydrogens (primary N) is 1. The molecule has 5 nitrogen and oxygen atoms in total. The Morgan fingerprint density at radius 1 is 1.56 bits per heavy atom. The zero-order valence-corrected chi connectivity index (χ0v) is 10.7. The van der Waals surface area contributed by atoms with Crippen LogP contribution in [-0.4, -0.2) is 40.5 Å². The summed E-state index contributed by atoms with van der Waals surface area (Å²) in [5.74, 6) is -1.09. The topological polar surface area (TPSA) is 83.6 Å². The zero-order chi connectivity index (χ0) is 13.1. The highest BCUT2D eigenvalue weighted by molar-refractivity contribution is 7.09. The quantitative estimate of drug-likeness (QED) is 0.841. The van der Waals surface area contributed by atoms with Gasteiger partial charge in [-0.3, -0.25) is 4.79 Å². The van der Waals surface area contributed by atoms with Crippen molar-refractivity contribution >= 4 is 23.2 Å². The minimum Gasteiger partial charge on any atom is -0.480 e. The van der Waals surface area contributed by atoms with E-state index >= 15 is 0 Å². The van der Waals surface area contributed by atoms with E-state index in [1.54, 1.807) is 11.3 Å². The van der Waals surface area contributed by atoms with E-state index in [0.29, 0.717) is 25.8 Å². The number of likely N-dealkylation sites (tertiary alicyclic amines) is 1. The summed E-state index contributed by atoms with van der Waals surface area (Å²) in [5, 5.41) is 11.0. The van der Waals surface area contributed by atoms with E-state index in [-0.39, 0.29) is 11.9 Å². The lowest BCUT2D eigenvalue weighted by Gasteiger charge is -2.21. The van der Waals surface area contributed by atoms with Crippen LogP contribution in [0.2, 0.25) is 0 Å². The van der Waals surface area contributed by atoms with Crippen molar-refractivity contribution in [2.75, 3.05) is 6.54 Å². The summed E-state index contributed by atoms with van der Waals surface area (Å²) in [6.45, 7) is 0.347. The van der Waals surface area contributed by atoms with Gasteiger partial charge in [0.2, 0.25) is 5.91 Å². The van der Waals surface area contributed by atoms with E-state index in [9.17, 15) is 9.59 Å². The van der Waals surface area contributed by atoms with Gasteiger partial charge in [0.1, 0.15) is 6.04 Å². The zero-order valence-electron chi connectivity index (χ0n) is 9.91. The van der Waals surface area contributed by atoms with Gasteiger partial charge >= 0.3 is 5.97 Å². The fourth-order valence-electron chi connectivity index (χ4n) is 2.21. The first-order valence-corrected chi connectivity index (χ1v) is 6.76. The molecule has 0 aromatic carbocycles. The second-order valence-corrected chi connectivity index (χ2v) is 5.51. The number of amides is 1. The summed E-state index contributed by atoms with van der Waals surface area (Å²) in [6.07, 6.45) is 1.35. The van der Waals surface area contributed by atoms with Crippen molar-refractivity contribution in [3.63, 3.8) is 0 Å². The van der Waals surface area contributed by atoms with Crippen molar-refractivity contribution in [1.82, 2.24) is 4.90 Å². The average molecular weight is 268 g/mol. The Hall–Kier alpha value is -1.40. The third-order valence-corrected chi connectivity index (χ3v) is 4.04. The van der Waals surface area contributed by atoms with Crippen LogP contribution in [0, 0.1) is 0 Å². The van der Waals surface area contributed by atoms with Crippen LogP contribution >= 0.6 is 11.3 Å². The summed E-state index contributed by atoms with van der Waals surface area (Å²) in [7, 11) is 0. The number of hydrogen-bond donors (Lipinski definition) is 2. The van der Waals surface area contributed by atoms with Gasteiger partial charge in [-0.15, -0.1) is 11.3 Å². The third kappa shape index (κ3) is 2.88. The smallest absolute Gasteiger partial charge is 0.326 e. The molecule has 2 atom stereocenters. The monoisotopic (exact) mass is 268 g/mol. The number of carboxylic acid groups (broad SMARTS) is 1. The molecule has 1 aromatic heterocycles. The first-order chi connectivity index (χ1) is 8.58. The van der Waals surface area contributed by atoms with Gasteiger partial charge in [-0.1, -0.05) is 6.07 Å². The van der Waals surface area contributed by atoms with E-state index in [0.717, 1.165) is 4.88 Å². The van der Waals surface area contributed by atoms with Gasteiger partial charge < -0.3 is 15.7 Å². The van der Waals surface area contributed by atoms with E-state index < -0.39 is 12.0 Å². The molecule has 2 heterocycles. The van der Waals surface area contributed by atoms with Crippen LogP contribution in [-0.2, 0) is 16.0 Å². The molecular weight excluding hydrogens is 252 g/mol. The van der Waals surface area contributed by atoms with E-state index in [2.05, 4.69) is 0 Å². The summed E-state index contributed by atoms with van der Waals surface area (Å²) >= 11 is 1.60. The molecule has 2 rings (SSSR count). The summed E-state index contributed by atoms with van der Waals surface area (Å²) in [5.41, 5.74) is 5.73. The number of aliphatic carboxylic acids is 1. The lowest BCUT2D eigenvalue weighted by Crippen LogP contribution is -2.40. The van der Waals surface area contributed by atoms with Gasteiger partial charge in [-0.25, -0.2) is 4.79 Å². The highest BCUT2D eigenvalue weighted by atomic mass is 32.1. The molecular formula is C12H16N2O3S. The SMILES string of the molecule is N[C@H]1C[C@@H](C(=O)O)N(C(=O)CCc2cccs2)C1. The van der Waals surface area contributed by atoms with Gasteiger partial charge in [0.15, 0.2) is 0 Å². The Labute approximate surface area is 109 Å². The van der Waals surface area contributed by atoms with Gasteiger partial charge in [0, 0.05) is 23.9 Å². The Kier molecular flexibility index (Phi) is 3.98. The molecule has 0 aliphatic carbocycles. The van der Waals surface area contributed by atoms with Gasteiger partial charge in [-0.2, -0.15) is 0 Å². The number of hydrogen-bond acceptors (Lipinski definition) is 4. The Morgan fingerprint density at radius 2 is 2.33 bits per heavy atom. The van der Waals surface area contributed by atoms with Crippen LogP contribution in [0.5, 0.6) is 0 Å². The number of aryl methyl sites for hydroxylation is 1. The number of carboxylic acids is 1. The van der Waals surface area contributed by atoms with Crippen molar-refractivity contribution in [1.29, 1.82) is 0 Å². The molecule has 1 aliphatic heterocycles. The molecule has 0 radical (unpaired) electrons. The summed E-state index contributed by atoms with van der Waals surface area (Å²) < 4.78 is 0. The molecule has 1 aromatic rings. The Morgan fingerprint density at radius 3 is 2.94 bits per heavy atom. The normalized spacial score (nSPS) is 23.3. The Balaban J connectivity index is 1.93. The minimum atomic E-state index is -0.965. The maximum atomic E-state index is 12.0. The van der Waals surface area contributed by atoms with Crippen molar-refractivity contribution in [2.24, 2.45) is 5.73 Å². The fourth-order valence-corrected chi connectivity index (χ4v) is 2.92. The minimum absolute atomic E-state index is 0.122. The van der Waals surface area contributed by atoms with Crippen LogP contribution in [0.1, 0.15) is 17.7 Å². The largest absolute Gasteiger partial charge is 0.480 e. The van der Waals surface area contributed by atoms with E-state index in [4.69, 9.17) is 10.8 Å². The molecule has 1 saturated heterocycles. The van der Waals surface area contributed by atoms with Gasteiger partial charge in [0.05, 0.1) is 0 Å². The number of nitrogens with zero attached hydrogens (tertiary/aromatic N) is 1. The first-order valence-electron chi connectivity index (χ1n) is 5.88. The lowest BCUT2D eigenvalue weighted by atomic mass is 10.2. The predicted molar refractivity (Wildman–Crippen MR) is 68.4 cm³/mol. The van der Waals surface area contributed by atoms with Crippen LogP contribution in [0.25, 0.3) is 0 Å².